The van der Waals surface area contributed by atoms with Crippen molar-refractivity contribution in [3.8, 4) is 0 Å². The number of hydrogen-bond acceptors (Lipinski definition) is 3. The minimum Gasteiger partial charge on any atom is -0.481 e. The van der Waals surface area contributed by atoms with E-state index < -0.39 is 5.97 Å². The zero-order valence-corrected chi connectivity index (χ0v) is 10.4. The molecule has 0 bridgehead atoms. The third-order valence-electron chi connectivity index (χ3n) is 2.43. The van der Waals surface area contributed by atoms with Crippen LogP contribution in [-0.2, 0) is 17.6 Å². The van der Waals surface area contributed by atoms with Crippen LogP contribution in [0.1, 0.15) is 21.9 Å². The molecule has 5 heteroatoms. The number of halogens is 1. The summed E-state index contributed by atoms with van der Waals surface area (Å²) in [6.07, 6.45) is 2.88. The van der Waals surface area contributed by atoms with Crippen LogP contribution < -0.4 is 0 Å². The summed E-state index contributed by atoms with van der Waals surface area (Å²) in [7, 11) is 0. The predicted octanol–water partition coefficient (Wildman–Crippen LogP) is 2.89. The largest absolute Gasteiger partial charge is 0.481 e. The van der Waals surface area contributed by atoms with Gasteiger partial charge in [-0.2, -0.15) is 0 Å². The molecule has 0 atom stereocenters. The van der Waals surface area contributed by atoms with Gasteiger partial charge in [0.1, 0.15) is 5.82 Å². The zero-order chi connectivity index (χ0) is 13.0. The predicted molar refractivity (Wildman–Crippen MR) is 67.3 cm³/mol. The molecule has 0 amide bonds. The number of carbonyl (C=O) groups is 1. The highest BCUT2D eigenvalue weighted by Crippen LogP contribution is 2.18. The molecule has 0 saturated heterocycles. The number of thiazole rings is 1. The van der Waals surface area contributed by atoms with Crippen molar-refractivity contribution in [3.05, 3.63) is 51.7 Å². The zero-order valence-electron chi connectivity index (χ0n) is 9.60. The summed E-state index contributed by atoms with van der Waals surface area (Å²) in [4.78, 5) is 15.6. The summed E-state index contributed by atoms with van der Waals surface area (Å²) >= 11 is 1.48. The van der Waals surface area contributed by atoms with Crippen molar-refractivity contribution in [3.63, 3.8) is 0 Å². The topological polar surface area (TPSA) is 50.2 Å². The van der Waals surface area contributed by atoms with Crippen LogP contribution in [0.25, 0.3) is 0 Å². The third-order valence-corrected chi connectivity index (χ3v) is 3.49. The van der Waals surface area contributed by atoms with Crippen LogP contribution in [0.2, 0.25) is 0 Å². The molecule has 0 saturated carbocycles. The minimum atomic E-state index is -0.810. The number of nitrogens with zero attached hydrogens (tertiary/aromatic N) is 1. The first-order chi connectivity index (χ1) is 8.63. The fourth-order valence-electron chi connectivity index (χ4n) is 1.60. The fraction of sp³-hybridized carbons (Fsp3) is 0.231. The van der Waals surface area contributed by atoms with Gasteiger partial charge in [0, 0.05) is 17.5 Å². The number of carboxylic acid groups (broad SMARTS) is 1. The van der Waals surface area contributed by atoms with Crippen molar-refractivity contribution in [2.24, 2.45) is 0 Å². The average Bonchev–Trinajstić information content (AvgIpc) is 2.74. The maximum atomic E-state index is 13.0. The molecule has 18 heavy (non-hydrogen) atoms. The second kappa shape index (κ2) is 5.73. The summed E-state index contributed by atoms with van der Waals surface area (Å²) in [6, 6.07) is 6.41. The summed E-state index contributed by atoms with van der Waals surface area (Å²) < 4.78 is 13.0. The molecule has 3 nitrogen and oxygen atoms in total. The van der Waals surface area contributed by atoms with Crippen molar-refractivity contribution in [1.82, 2.24) is 4.98 Å². The van der Waals surface area contributed by atoms with Gasteiger partial charge < -0.3 is 5.11 Å². The Hall–Kier alpha value is -1.75. The number of hydrogen-bond donors (Lipinski definition) is 1. The van der Waals surface area contributed by atoms with Gasteiger partial charge in [-0.05, 0) is 24.1 Å². The van der Waals surface area contributed by atoms with Crippen LogP contribution in [0.4, 0.5) is 4.39 Å². The van der Waals surface area contributed by atoms with Crippen molar-refractivity contribution >= 4 is 17.3 Å². The molecule has 1 N–H and O–H groups in total. The summed E-state index contributed by atoms with van der Waals surface area (Å²) in [5.41, 5.74) is 0.870. The van der Waals surface area contributed by atoms with E-state index in [0.29, 0.717) is 12.8 Å². The molecule has 1 aromatic heterocycles. The lowest BCUT2D eigenvalue weighted by molar-refractivity contribution is -0.136. The van der Waals surface area contributed by atoms with Gasteiger partial charge in [0.05, 0.1) is 11.4 Å². The van der Waals surface area contributed by atoms with Crippen LogP contribution in [0.3, 0.4) is 0 Å². The highest BCUT2D eigenvalue weighted by Gasteiger charge is 2.06. The molecule has 0 aliphatic rings. The van der Waals surface area contributed by atoms with Gasteiger partial charge in [-0.25, -0.2) is 9.37 Å². The van der Waals surface area contributed by atoms with E-state index in [1.807, 2.05) is 6.07 Å². The van der Waals surface area contributed by atoms with Crippen LogP contribution in [0, 0.1) is 5.82 Å². The fourth-order valence-corrected chi connectivity index (χ4v) is 2.55. The number of aliphatic carboxylic acids is 1. The van der Waals surface area contributed by atoms with Gasteiger partial charge in [0.25, 0.3) is 0 Å². The SMILES string of the molecule is O=C(O)CCc1cnc(Cc2cccc(F)c2)s1. The lowest BCUT2D eigenvalue weighted by Gasteiger charge is -1.97. The monoisotopic (exact) mass is 265 g/mol. The normalized spacial score (nSPS) is 10.5. The van der Waals surface area contributed by atoms with E-state index >= 15 is 0 Å². The Balaban J connectivity index is 2.00. The third kappa shape index (κ3) is 3.63. The number of aromatic nitrogens is 1. The van der Waals surface area contributed by atoms with E-state index in [1.54, 1.807) is 12.3 Å². The molecule has 0 radical (unpaired) electrons. The molecule has 2 aromatic rings. The average molecular weight is 265 g/mol. The van der Waals surface area contributed by atoms with Gasteiger partial charge in [-0.3, -0.25) is 4.79 Å². The Morgan fingerprint density at radius 3 is 3.00 bits per heavy atom. The Morgan fingerprint density at radius 1 is 1.44 bits per heavy atom. The van der Waals surface area contributed by atoms with Crippen molar-refractivity contribution in [2.75, 3.05) is 0 Å². The van der Waals surface area contributed by atoms with Crippen LogP contribution in [0.5, 0.6) is 0 Å². The molecular formula is C13H12FNO2S. The van der Waals surface area contributed by atoms with Crippen LogP contribution >= 0.6 is 11.3 Å². The van der Waals surface area contributed by atoms with Gasteiger partial charge in [0.2, 0.25) is 0 Å². The highest BCUT2D eigenvalue weighted by molar-refractivity contribution is 7.11. The number of benzene rings is 1. The molecule has 0 aliphatic carbocycles. The molecule has 1 heterocycles. The number of carboxylic acids is 1. The quantitative estimate of drug-likeness (QED) is 0.904. The van der Waals surface area contributed by atoms with Crippen molar-refractivity contribution in [1.29, 1.82) is 0 Å². The van der Waals surface area contributed by atoms with Gasteiger partial charge in [-0.1, -0.05) is 12.1 Å². The summed E-state index contributed by atoms with van der Waals surface area (Å²) in [6.45, 7) is 0. The minimum absolute atomic E-state index is 0.113. The molecular weight excluding hydrogens is 253 g/mol. The smallest absolute Gasteiger partial charge is 0.303 e. The summed E-state index contributed by atoms with van der Waals surface area (Å²) in [5.74, 6) is -1.06. The van der Waals surface area contributed by atoms with Gasteiger partial charge >= 0.3 is 5.97 Å². The number of aryl methyl sites for hydroxylation is 1. The van der Waals surface area contributed by atoms with Crippen LogP contribution in [-0.4, -0.2) is 16.1 Å². The molecule has 0 unspecified atom stereocenters. The van der Waals surface area contributed by atoms with E-state index in [2.05, 4.69) is 4.98 Å². The highest BCUT2D eigenvalue weighted by atomic mass is 32.1. The maximum Gasteiger partial charge on any atom is 0.303 e. The molecule has 2 rings (SSSR count). The Labute approximate surface area is 108 Å². The van der Waals surface area contributed by atoms with E-state index in [1.165, 1.54) is 23.5 Å². The first-order valence-electron chi connectivity index (χ1n) is 5.53. The first-order valence-corrected chi connectivity index (χ1v) is 6.35. The van der Waals surface area contributed by atoms with Crippen molar-refractivity contribution < 1.29 is 14.3 Å². The van der Waals surface area contributed by atoms with E-state index in [4.69, 9.17) is 5.11 Å². The standard InChI is InChI=1S/C13H12FNO2S/c14-10-3-1-2-9(6-10)7-12-15-8-11(18-12)4-5-13(16)17/h1-3,6,8H,4-5,7H2,(H,16,17). The Bertz CT molecular complexity index is 553. The van der Waals surface area contributed by atoms with Crippen LogP contribution in [0.15, 0.2) is 30.5 Å². The lowest BCUT2D eigenvalue weighted by Crippen LogP contribution is -1.95. The summed E-state index contributed by atoms with van der Waals surface area (Å²) in [5, 5.41) is 9.47. The molecule has 0 aliphatic heterocycles. The first kappa shape index (κ1) is 12.7. The lowest BCUT2D eigenvalue weighted by atomic mass is 10.1. The van der Waals surface area contributed by atoms with Gasteiger partial charge in [-0.15, -0.1) is 11.3 Å². The molecule has 94 valence electrons. The van der Waals surface area contributed by atoms with E-state index in [-0.39, 0.29) is 12.2 Å². The van der Waals surface area contributed by atoms with E-state index in [9.17, 15) is 9.18 Å². The van der Waals surface area contributed by atoms with E-state index in [0.717, 1.165) is 15.4 Å². The second-order valence-corrected chi connectivity index (χ2v) is 5.12. The maximum absolute atomic E-state index is 13.0. The Morgan fingerprint density at radius 2 is 2.28 bits per heavy atom. The van der Waals surface area contributed by atoms with Gasteiger partial charge in [0.15, 0.2) is 0 Å². The molecule has 0 fully saturated rings. The second-order valence-electron chi connectivity index (χ2n) is 3.92. The Kier molecular flexibility index (Phi) is 4.04. The van der Waals surface area contributed by atoms with Crippen molar-refractivity contribution in [2.45, 2.75) is 19.3 Å². The molecule has 0 spiro atoms. The number of rotatable bonds is 5. The molecule has 1 aromatic carbocycles.